The zero-order valence-corrected chi connectivity index (χ0v) is 11.0. The number of hydrogen-bond acceptors (Lipinski definition) is 2. The molecule has 0 N–H and O–H groups in total. The van der Waals surface area contributed by atoms with Crippen molar-refractivity contribution in [3.05, 3.63) is 56.6 Å². The lowest BCUT2D eigenvalue weighted by molar-refractivity contribution is 0.100. The van der Waals surface area contributed by atoms with E-state index in [-0.39, 0.29) is 11.3 Å². The van der Waals surface area contributed by atoms with Crippen LogP contribution in [0.1, 0.15) is 16.1 Å². The molecule has 0 fully saturated rings. The molecule has 5 heteroatoms. The maximum Gasteiger partial charge on any atom is 0.232 e. The second-order valence-corrected chi connectivity index (χ2v) is 4.67. The minimum absolute atomic E-state index is 0.0237. The number of carbonyl (C=O) groups excluding carboxylic acids is 1. The Bertz CT molecular complexity index is 528. The first-order chi connectivity index (χ1) is 7.59. The van der Waals surface area contributed by atoms with Crippen LogP contribution < -0.4 is 0 Å². The number of halogens is 3. The van der Waals surface area contributed by atoms with Gasteiger partial charge in [-0.3, -0.25) is 4.79 Å². The summed E-state index contributed by atoms with van der Waals surface area (Å²) in [5.74, 6) is -0.972. The normalized spacial score (nSPS) is 10.4. The van der Waals surface area contributed by atoms with Gasteiger partial charge in [0, 0.05) is 4.47 Å². The Hall–Kier alpha value is -0.940. The van der Waals surface area contributed by atoms with Crippen molar-refractivity contribution in [1.82, 2.24) is 0 Å². The van der Waals surface area contributed by atoms with Gasteiger partial charge in [-0.25, -0.2) is 4.39 Å². The Morgan fingerprint density at radius 2 is 1.94 bits per heavy atom. The van der Waals surface area contributed by atoms with Crippen molar-refractivity contribution in [3.8, 4) is 0 Å². The highest BCUT2D eigenvalue weighted by Crippen LogP contribution is 2.24. The highest BCUT2D eigenvalue weighted by atomic mass is 79.9. The average Bonchev–Trinajstić information content (AvgIpc) is 2.64. The lowest BCUT2D eigenvalue weighted by atomic mass is 10.1. The minimum atomic E-state index is -0.577. The summed E-state index contributed by atoms with van der Waals surface area (Å²) < 4.78 is 19.4. The summed E-state index contributed by atoms with van der Waals surface area (Å²) in [5, 5.41) is 0. The third-order valence-electron chi connectivity index (χ3n) is 1.99. The molecule has 2 aromatic rings. The van der Waals surface area contributed by atoms with Crippen molar-refractivity contribution in [2.24, 2.45) is 0 Å². The second-order valence-electron chi connectivity index (χ2n) is 3.03. The van der Waals surface area contributed by atoms with Gasteiger partial charge in [-0.1, -0.05) is 6.07 Å². The Kier molecular flexibility index (Phi) is 3.25. The van der Waals surface area contributed by atoms with Crippen molar-refractivity contribution in [2.75, 3.05) is 0 Å². The van der Waals surface area contributed by atoms with Crippen LogP contribution in [0, 0.1) is 5.82 Å². The van der Waals surface area contributed by atoms with Crippen molar-refractivity contribution in [1.29, 1.82) is 0 Å². The molecule has 0 aliphatic heterocycles. The molecule has 1 aromatic heterocycles. The first kappa shape index (κ1) is 11.5. The fourth-order valence-corrected chi connectivity index (χ4v) is 2.10. The number of hydrogen-bond donors (Lipinski definition) is 0. The third kappa shape index (κ3) is 2.10. The van der Waals surface area contributed by atoms with Crippen molar-refractivity contribution in [2.45, 2.75) is 0 Å². The topological polar surface area (TPSA) is 30.2 Å². The van der Waals surface area contributed by atoms with Gasteiger partial charge in [0.1, 0.15) is 5.82 Å². The van der Waals surface area contributed by atoms with Gasteiger partial charge in [0.15, 0.2) is 10.4 Å². The van der Waals surface area contributed by atoms with Crippen LogP contribution >= 0.6 is 31.9 Å². The molecular weight excluding hydrogens is 343 g/mol. The van der Waals surface area contributed by atoms with E-state index in [0.29, 0.717) is 9.14 Å². The van der Waals surface area contributed by atoms with Gasteiger partial charge in [-0.2, -0.15) is 0 Å². The number of benzene rings is 1. The Labute approximate surface area is 108 Å². The van der Waals surface area contributed by atoms with Crippen LogP contribution in [-0.4, -0.2) is 5.78 Å². The van der Waals surface area contributed by atoms with E-state index < -0.39 is 11.6 Å². The first-order valence-corrected chi connectivity index (χ1v) is 5.92. The van der Waals surface area contributed by atoms with E-state index in [1.165, 1.54) is 18.2 Å². The molecule has 0 spiro atoms. The summed E-state index contributed by atoms with van der Waals surface area (Å²) in [4.78, 5) is 11.9. The van der Waals surface area contributed by atoms with E-state index in [9.17, 15) is 9.18 Å². The molecule has 0 unspecified atom stereocenters. The van der Waals surface area contributed by atoms with Gasteiger partial charge in [0.2, 0.25) is 5.78 Å². The number of furan rings is 1. The van der Waals surface area contributed by atoms with Gasteiger partial charge in [-0.05, 0) is 56.1 Å². The molecule has 2 rings (SSSR count). The highest BCUT2D eigenvalue weighted by Gasteiger charge is 2.19. The van der Waals surface area contributed by atoms with Crippen molar-refractivity contribution in [3.63, 3.8) is 0 Å². The second kappa shape index (κ2) is 4.51. The van der Waals surface area contributed by atoms with Crippen LogP contribution in [0.2, 0.25) is 0 Å². The highest BCUT2D eigenvalue weighted by molar-refractivity contribution is 9.10. The van der Waals surface area contributed by atoms with E-state index in [4.69, 9.17) is 4.42 Å². The molecule has 0 saturated carbocycles. The molecule has 0 radical (unpaired) electrons. The van der Waals surface area contributed by atoms with E-state index in [0.717, 1.165) is 0 Å². The fourth-order valence-electron chi connectivity index (χ4n) is 1.27. The third-order valence-corrected chi connectivity index (χ3v) is 3.07. The maximum absolute atomic E-state index is 13.5. The number of rotatable bonds is 2. The number of ketones is 1. The summed E-state index contributed by atoms with van der Waals surface area (Å²) in [6.07, 6.45) is 0. The standard InChI is InChI=1S/C11H5Br2FO2/c12-6-2-1-3-7(14)10(6)11(15)8-4-5-9(13)16-8/h1-5H. The van der Waals surface area contributed by atoms with E-state index in [1.807, 2.05) is 0 Å². The predicted octanol–water partition coefficient (Wildman–Crippen LogP) is 4.17. The lowest BCUT2D eigenvalue weighted by Crippen LogP contribution is -2.04. The van der Waals surface area contributed by atoms with Crippen molar-refractivity contribution < 1.29 is 13.6 Å². The van der Waals surface area contributed by atoms with Crippen LogP contribution in [0.5, 0.6) is 0 Å². The Morgan fingerprint density at radius 1 is 1.19 bits per heavy atom. The average molecular weight is 348 g/mol. The van der Waals surface area contributed by atoms with E-state index in [2.05, 4.69) is 31.9 Å². The van der Waals surface area contributed by atoms with E-state index >= 15 is 0 Å². The smallest absolute Gasteiger partial charge is 0.232 e. The molecule has 0 atom stereocenters. The quantitative estimate of drug-likeness (QED) is 0.763. The summed E-state index contributed by atoms with van der Waals surface area (Å²) in [7, 11) is 0. The van der Waals surface area contributed by atoms with Gasteiger partial charge in [0.05, 0.1) is 5.56 Å². The SMILES string of the molecule is O=C(c1ccc(Br)o1)c1c(F)cccc1Br. The van der Waals surface area contributed by atoms with Gasteiger partial charge in [0.25, 0.3) is 0 Å². The zero-order valence-electron chi connectivity index (χ0n) is 7.84. The van der Waals surface area contributed by atoms with Crippen molar-refractivity contribution >= 4 is 37.6 Å². The molecule has 0 aliphatic rings. The minimum Gasteiger partial charge on any atom is -0.446 e. The molecule has 1 heterocycles. The van der Waals surface area contributed by atoms with Gasteiger partial charge < -0.3 is 4.42 Å². The molecule has 16 heavy (non-hydrogen) atoms. The molecule has 82 valence electrons. The zero-order chi connectivity index (χ0) is 11.7. The van der Waals surface area contributed by atoms with Gasteiger partial charge in [-0.15, -0.1) is 0 Å². The van der Waals surface area contributed by atoms with Crippen LogP contribution in [-0.2, 0) is 0 Å². The lowest BCUT2D eigenvalue weighted by Gasteiger charge is -2.02. The largest absolute Gasteiger partial charge is 0.446 e. The van der Waals surface area contributed by atoms with Crippen LogP contribution in [0.3, 0.4) is 0 Å². The molecular formula is C11H5Br2FO2. The monoisotopic (exact) mass is 346 g/mol. The van der Waals surface area contributed by atoms with Crippen LogP contribution in [0.4, 0.5) is 4.39 Å². The van der Waals surface area contributed by atoms with Crippen LogP contribution in [0.15, 0.2) is 43.9 Å². The Morgan fingerprint density at radius 3 is 2.50 bits per heavy atom. The summed E-state index contributed by atoms with van der Waals surface area (Å²) in [6, 6.07) is 7.44. The fraction of sp³-hybridized carbons (Fsp3) is 0. The molecule has 2 nitrogen and oxygen atoms in total. The first-order valence-electron chi connectivity index (χ1n) is 4.33. The molecule has 0 amide bonds. The molecule has 0 aliphatic carbocycles. The predicted molar refractivity (Wildman–Crippen MR) is 63.9 cm³/mol. The Balaban J connectivity index is 2.49. The van der Waals surface area contributed by atoms with Crippen LogP contribution in [0.25, 0.3) is 0 Å². The maximum atomic E-state index is 13.5. The molecule has 0 bridgehead atoms. The summed E-state index contributed by atoms with van der Waals surface area (Å²) >= 11 is 6.22. The van der Waals surface area contributed by atoms with Gasteiger partial charge >= 0.3 is 0 Å². The number of carbonyl (C=O) groups is 1. The van der Waals surface area contributed by atoms with E-state index in [1.54, 1.807) is 12.1 Å². The molecule has 0 saturated heterocycles. The summed E-state index contributed by atoms with van der Waals surface area (Å²) in [6.45, 7) is 0. The molecule has 1 aromatic carbocycles. The summed E-state index contributed by atoms with van der Waals surface area (Å²) in [5.41, 5.74) is -0.0237.